The summed E-state index contributed by atoms with van der Waals surface area (Å²) in [5.41, 5.74) is 0. The Kier molecular flexibility index (Phi) is 5.36. The Bertz CT molecular complexity index is 309. The topological polar surface area (TPSA) is 54.4 Å². The van der Waals surface area contributed by atoms with Gasteiger partial charge in [0, 0.05) is 6.42 Å². The molecule has 1 aliphatic rings. The maximum atomic E-state index is 11.6. The van der Waals surface area contributed by atoms with Gasteiger partial charge in [-0.1, -0.05) is 27.2 Å². The van der Waals surface area contributed by atoms with Gasteiger partial charge in [-0.15, -0.1) is 0 Å². The minimum atomic E-state index is -0.672. The van der Waals surface area contributed by atoms with Gasteiger partial charge in [-0.25, -0.2) is 0 Å². The van der Waals surface area contributed by atoms with E-state index in [1.807, 2.05) is 0 Å². The highest BCUT2D eigenvalue weighted by Gasteiger charge is 2.42. The summed E-state index contributed by atoms with van der Waals surface area (Å²) in [5, 5.41) is 9.53. The highest BCUT2D eigenvalue weighted by atomic mass is 16.4. The van der Waals surface area contributed by atoms with Gasteiger partial charge in [0.1, 0.15) is 5.78 Å². The zero-order chi connectivity index (χ0) is 13.9. The summed E-state index contributed by atoms with van der Waals surface area (Å²) in [7, 11) is 0. The van der Waals surface area contributed by atoms with Gasteiger partial charge < -0.3 is 9.90 Å². The molecule has 0 spiro atoms. The van der Waals surface area contributed by atoms with Crippen LogP contribution in [0.3, 0.4) is 0 Å². The molecule has 1 N–H and O–H groups in total. The van der Waals surface area contributed by atoms with Crippen molar-refractivity contribution in [3.63, 3.8) is 0 Å². The summed E-state index contributed by atoms with van der Waals surface area (Å²) in [6.07, 6.45) is 3.35. The first kappa shape index (κ1) is 15.2. The normalized spacial score (nSPS) is 32.5. The molecule has 18 heavy (non-hydrogen) atoms. The van der Waals surface area contributed by atoms with Crippen LogP contribution in [0.1, 0.15) is 53.4 Å². The first-order chi connectivity index (χ1) is 8.34. The highest BCUT2D eigenvalue weighted by molar-refractivity contribution is 5.75. The number of carbonyl (C=O) groups excluding carboxylic acids is 1. The van der Waals surface area contributed by atoms with E-state index in [9.17, 15) is 14.7 Å². The molecule has 0 amide bonds. The van der Waals surface area contributed by atoms with Crippen LogP contribution in [0.4, 0.5) is 0 Å². The number of rotatable bonds is 5. The largest absolute Gasteiger partial charge is 0.481 e. The molecule has 0 radical (unpaired) electrons. The fourth-order valence-electron chi connectivity index (χ4n) is 3.47. The maximum absolute atomic E-state index is 11.6. The molecule has 3 nitrogen and oxygen atoms in total. The lowest BCUT2D eigenvalue weighted by atomic mass is 9.62. The van der Waals surface area contributed by atoms with Crippen LogP contribution in [0.25, 0.3) is 0 Å². The van der Waals surface area contributed by atoms with Crippen LogP contribution in [-0.2, 0) is 9.59 Å². The first-order valence-electron chi connectivity index (χ1n) is 7.06. The number of carbonyl (C=O) groups is 2. The second-order valence-electron chi connectivity index (χ2n) is 6.23. The molecule has 1 aliphatic carbocycles. The molecule has 0 heterocycles. The molecule has 0 aliphatic heterocycles. The minimum absolute atomic E-state index is 0.160. The number of hydrogen-bond acceptors (Lipinski definition) is 2. The summed E-state index contributed by atoms with van der Waals surface area (Å²) in [6, 6.07) is 0. The minimum Gasteiger partial charge on any atom is -0.481 e. The molecule has 1 rings (SSSR count). The van der Waals surface area contributed by atoms with Crippen molar-refractivity contribution in [1.29, 1.82) is 0 Å². The maximum Gasteiger partial charge on any atom is 0.307 e. The fourth-order valence-corrected chi connectivity index (χ4v) is 3.47. The SMILES string of the molecule is CC(=O)CC[C@@H]1[C@H](C(=O)O)[C@H](C(C)C)CC[C@H]1C. The Morgan fingerprint density at radius 2 is 1.89 bits per heavy atom. The van der Waals surface area contributed by atoms with E-state index >= 15 is 0 Å². The van der Waals surface area contributed by atoms with Crippen LogP contribution in [0, 0.1) is 29.6 Å². The standard InChI is InChI=1S/C15H26O3/c1-9(2)12-7-5-10(3)13(8-6-11(4)16)14(12)15(17)18/h9-10,12-14H,5-8H2,1-4H3,(H,17,18)/t10-,12+,13+,14-/m1/s1. The molecule has 0 aromatic rings. The molecule has 104 valence electrons. The fraction of sp³-hybridized carbons (Fsp3) is 0.867. The Hall–Kier alpha value is -0.860. The molecule has 4 atom stereocenters. The second-order valence-corrected chi connectivity index (χ2v) is 6.23. The van der Waals surface area contributed by atoms with Crippen molar-refractivity contribution in [3.05, 3.63) is 0 Å². The van der Waals surface area contributed by atoms with E-state index in [0.717, 1.165) is 19.3 Å². The van der Waals surface area contributed by atoms with Crippen LogP contribution < -0.4 is 0 Å². The van der Waals surface area contributed by atoms with Gasteiger partial charge in [-0.05, 0) is 43.4 Å². The zero-order valence-electron chi connectivity index (χ0n) is 12.0. The van der Waals surface area contributed by atoms with E-state index in [2.05, 4.69) is 20.8 Å². The predicted octanol–water partition coefficient (Wildman–Crippen LogP) is 3.37. The van der Waals surface area contributed by atoms with E-state index in [-0.39, 0.29) is 23.5 Å². The molecule has 0 aromatic carbocycles. The van der Waals surface area contributed by atoms with Gasteiger partial charge >= 0.3 is 5.97 Å². The Balaban J connectivity index is 2.85. The van der Waals surface area contributed by atoms with Gasteiger partial charge in [-0.2, -0.15) is 0 Å². The van der Waals surface area contributed by atoms with Crippen molar-refractivity contribution >= 4 is 11.8 Å². The lowest BCUT2D eigenvalue weighted by Gasteiger charge is -2.41. The Morgan fingerprint density at radius 3 is 2.33 bits per heavy atom. The first-order valence-corrected chi connectivity index (χ1v) is 7.06. The van der Waals surface area contributed by atoms with Gasteiger partial charge in [0.15, 0.2) is 0 Å². The van der Waals surface area contributed by atoms with Gasteiger partial charge in [-0.3, -0.25) is 4.79 Å². The van der Waals surface area contributed by atoms with E-state index in [0.29, 0.717) is 18.3 Å². The van der Waals surface area contributed by atoms with E-state index in [1.54, 1.807) is 6.92 Å². The number of Topliss-reactive ketones (excluding diaryl/α,β-unsaturated/α-hetero) is 1. The summed E-state index contributed by atoms with van der Waals surface area (Å²) < 4.78 is 0. The monoisotopic (exact) mass is 254 g/mol. The van der Waals surface area contributed by atoms with Gasteiger partial charge in [0.2, 0.25) is 0 Å². The molecule has 3 heteroatoms. The van der Waals surface area contributed by atoms with E-state index < -0.39 is 5.97 Å². The molecule has 1 fully saturated rings. The number of hydrogen-bond donors (Lipinski definition) is 1. The van der Waals surface area contributed by atoms with Crippen LogP contribution >= 0.6 is 0 Å². The molecule has 1 saturated carbocycles. The number of carboxylic acids is 1. The van der Waals surface area contributed by atoms with Crippen LogP contribution in [0.15, 0.2) is 0 Å². The summed E-state index contributed by atoms with van der Waals surface area (Å²) >= 11 is 0. The molecule has 0 aromatic heterocycles. The summed E-state index contributed by atoms with van der Waals surface area (Å²) in [6.45, 7) is 7.94. The van der Waals surface area contributed by atoms with Crippen LogP contribution in [0.5, 0.6) is 0 Å². The van der Waals surface area contributed by atoms with Crippen molar-refractivity contribution in [3.8, 4) is 0 Å². The summed E-state index contributed by atoms with van der Waals surface area (Å²) in [4.78, 5) is 22.7. The Labute approximate surface area is 110 Å². The zero-order valence-corrected chi connectivity index (χ0v) is 12.0. The molecule has 0 saturated heterocycles. The van der Waals surface area contributed by atoms with Gasteiger partial charge in [0.25, 0.3) is 0 Å². The van der Waals surface area contributed by atoms with Crippen LogP contribution in [-0.4, -0.2) is 16.9 Å². The quantitative estimate of drug-likeness (QED) is 0.818. The van der Waals surface area contributed by atoms with Crippen molar-refractivity contribution in [1.82, 2.24) is 0 Å². The number of ketones is 1. The van der Waals surface area contributed by atoms with Crippen molar-refractivity contribution < 1.29 is 14.7 Å². The lowest BCUT2D eigenvalue weighted by Crippen LogP contribution is -2.41. The van der Waals surface area contributed by atoms with E-state index in [1.165, 1.54) is 0 Å². The Morgan fingerprint density at radius 1 is 1.28 bits per heavy atom. The molecule has 0 unspecified atom stereocenters. The highest BCUT2D eigenvalue weighted by Crippen LogP contribution is 2.44. The third kappa shape index (κ3) is 3.56. The lowest BCUT2D eigenvalue weighted by molar-refractivity contribution is -0.150. The van der Waals surface area contributed by atoms with E-state index in [4.69, 9.17) is 0 Å². The average molecular weight is 254 g/mol. The third-order valence-corrected chi connectivity index (χ3v) is 4.58. The smallest absolute Gasteiger partial charge is 0.307 e. The van der Waals surface area contributed by atoms with Crippen molar-refractivity contribution in [2.45, 2.75) is 53.4 Å². The second kappa shape index (κ2) is 6.35. The molecular formula is C15H26O3. The van der Waals surface area contributed by atoms with Crippen LogP contribution in [0.2, 0.25) is 0 Å². The average Bonchev–Trinajstić information content (AvgIpc) is 2.25. The van der Waals surface area contributed by atoms with Crippen molar-refractivity contribution in [2.75, 3.05) is 0 Å². The van der Waals surface area contributed by atoms with Crippen molar-refractivity contribution in [2.24, 2.45) is 29.6 Å². The molecule has 0 bridgehead atoms. The predicted molar refractivity (Wildman–Crippen MR) is 71.3 cm³/mol. The summed E-state index contributed by atoms with van der Waals surface area (Å²) in [5.74, 6) is 0.460. The third-order valence-electron chi connectivity index (χ3n) is 4.58. The number of aliphatic carboxylic acids is 1. The number of carboxylic acid groups (broad SMARTS) is 1. The van der Waals surface area contributed by atoms with Gasteiger partial charge in [0.05, 0.1) is 5.92 Å². The molecular weight excluding hydrogens is 228 g/mol.